The molecule has 1 heterocycles. The van der Waals surface area contributed by atoms with E-state index in [0.717, 1.165) is 16.2 Å². The molecule has 0 aliphatic rings. The molecule has 1 aromatic heterocycles. The van der Waals surface area contributed by atoms with E-state index in [1.54, 1.807) is 31.2 Å². The van der Waals surface area contributed by atoms with Crippen molar-refractivity contribution in [3.8, 4) is 6.07 Å². The van der Waals surface area contributed by atoms with Crippen LogP contribution in [-0.2, 0) is 9.53 Å². The number of hydrogen-bond acceptors (Lipinski definition) is 5. The number of amides is 1. The fourth-order valence-electron chi connectivity index (χ4n) is 3.34. The molecule has 0 aliphatic carbocycles. The number of nitriles is 1. The van der Waals surface area contributed by atoms with Gasteiger partial charge in [-0.15, -0.1) is 0 Å². The van der Waals surface area contributed by atoms with E-state index in [2.05, 4.69) is 5.32 Å². The second-order valence-electron chi connectivity index (χ2n) is 6.91. The molecular weight excluding hydrogens is 380 g/mol. The van der Waals surface area contributed by atoms with Gasteiger partial charge in [-0.1, -0.05) is 48.5 Å². The molecule has 30 heavy (non-hydrogen) atoms. The summed E-state index contributed by atoms with van der Waals surface area (Å²) in [6.07, 6.45) is -1.08. The first kappa shape index (κ1) is 19.2. The van der Waals surface area contributed by atoms with Crippen LogP contribution in [0.3, 0.4) is 0 Å². The fraction of sp³-hybridized carbons (Fsp3) is 0.125. The van der Waals surface area contributed by atoms with Crippen LogP contribution in [0.25, 0.3) is 21.7 Å². The molecule has 0 radical (unpaired) electrons. The number of nitrogens with zero attached hydrogens (tertiary/aromatic N) is 1. The second kappa shape index (κ2) is 7.72. The van der Waals surface area contributed by atoms with Gasteiger partial charge in [0.2, 0.25) is 5.76 Å². The van der Waals surface area contributed by atoms with Gasteiger partial charge in [-0.25, -0.2) is 4.79 Å². The van der Waals surface area contributed by atoms with Crippen LogP contribution in [0.2, 0.25) is 0 Å². The van der Waals surface area contributed by atoms with Gasteiger partial charge in [0.15, 0.2) is 6.10 Å². The normalized spacial score (nSPS) is 11.8. The summed E-state index contributed by atoms with van der Waals surface area (Å²) in [6, 6.07) is 20.2. The Kier molecular flexibility index (Phi) is 4.95. The third-order valence-corrected chi connectivity index (χ3v) is 4.97. The van der Waals surface area contributed by atoms with Gasteiger partial charge in [-0.2, -0.15) is 5.26 Å². The summed E-state index contributed by atoms with van der Waals surface area (Å²) in [7, 11) is 0. The van der Waals surface area contributed by atoms with E-state index in [1.807, 2.05) is 42.5 Å². The largest absolute Gasteiger partial charge is 0.448 e. The van der Waals surface area contributed by atoms with Crippen molar-refractivity contribution in [1.82, 2.24) is 0 Å². The number of carbonyl (C=O) groups excluding carboxylic acids is 2. The average Bonchev–Trinajstić information content (AvgIpc) is 3.11. The SMILES string of the molecule is Cc1c(C(=O)O[C@@H](C)C(=O)Nc2ccccc2C#N)oc2c1ccc1ccccc12. The smallest absolute Gasteiger partial charge is 0.375 e. The van der Waals surface area contributed by atoms with Crippen molar-refractivity contribution in [1.29, 1.82) is 5.26 Å². The second-order valence-corrected chi connectivity index (χ2v) is 6.91. The number of benzene rings is 3. The summed E-state index contributed by atoms with van der Waals surface area (Å²) in [6.45, 7) is 3.25. The lowest BCUT2D eigenvalue weighted by Crippen LogP contribution is -2.30. The molecule has 4 rings (SSSR count). The molecule has 0 spiro atoms. The molecule has 1 amide bonds. The Labute approximate surface area is 172 Å². The highest BCUT2D eigenvalue weighted by Gasteiger charge is 2.25. The number of furan rings is 1. The number of para-hydroxylation sites is 1. The van der Waals surface area contributed by atoms with E-state index in [1.165, 1.54) is 6.92 Å². The van der Waals surface area contributed by atoms with Crippen LogP contribution in [0, 0.1) is 18.3 Å². The lowest BCUT2D eigenvalue weighted by atomic mass is 10.1. The highest BCUT2D eigenvalue weighted by molar-refractivity contribution is 6.08. The summed E-state index contributed by atoms with van der Waals surface area (Å²) in [5, 5.41) is 14.5. The summed E-state index contributed by atoms with van der Waals surface area (Å²) in [5.41, 5.74) is 1.95. The number of fused-ring (bicyclic) bond motifs is 3. The number of aryl methyl sites for hydroxylation is 1. The average molecular weight is 398 g/mol. The Hall–Kier alpha value is -4.11. The zero-order valence-corrected chi connectivity index (χ0v) is 16.4. The van der Waals surface area contributed by atoms with Crippen LogP contribution < -0.4 is 5.32 Å². The number of anilines is 1. The van der Waals surface area contributed by atoms with Crippen molar-refractivity contribution in [2.24, 2.45) is 0 Å². The highest BCUT2D eigenvalue weighted by atomic mass is 16.6. The summed E-state index contributed by atoms with van der Waals surface area (Å²) < 4.78 is 11.2. The number of ether oxygens (including phenoxy) is 1. The van der Waals surface area contributed by atoms with Crippen LogP contribution in [0.5, 0.6) is 0 Å². The predicted octanol–water partition coefficient (Wildman–Crippen LogP) is 4.95. The molecule has 0 saturated heterocycles. The predicted molar refractivity (Wildman–Crippen MR) is 113 cm³/mol. The van der Waals surface area contributed by atoms with Gasteiger partial charge in [-0.05, 0) is 31.4 Å². The van der Waals surface area contributed by atoms with E-state index < -0.39 is 18.0 Å². The van der Waals surface area contributed by atoms with Gasteiger partial charge in [0.1, 0.15) is 11.7 Å². The maximum atomic E-state index is 12.7. The van der Waals surface area contributed by atoms with Crippen molar-refractivity contribution in [3.05, 3.63) is 77.6 Å². The highest BCUT2D eigenvalue weighted by Crippen LogP contribution is 2.32. The Morgan fingerprint density at radius 1 is 1.03 bits per heavy atom. The fourth-order valence-corrected chi connectivity index (χ4v) is 3.34. The van der Waals surface area contributed by atoms with E-state index in [9.17, 15) is 9.59 Å². The molecule has 6 heteroatoms. The van der Waals surface area contributed by atoms with Gasteiger partial charge < -0.3 is 14.5 Å². The first-order valence-electron chi connectivity index (χ1n) is 9.41. The van der Waals surface area contributed by atoms with Gasteiger partial charge in [0.05, 0.1) is 11.3 Å². The van der Waals surface area contributed by atoms with Crippen LogP contribution in [0.15, 0.2) is 65.1 Å². The molecule has 0 unspecified atom stereocenters. The quantitative estimate of drug-likeness (QED) is 0.491. The molecule has 6 nitrogen and oxygen atoms in total. The number of nitrogens with one attached hydrogen (secondary N) is 1. The molecule has 1 atom stereocenters. The molecule has 1 N–H and O–H groups in total. The van der Waals surface area contributed by atoms with E-state index in [0.29, 0.717) is 22.4 Å². The van der Waals surface area contributed by atoms with E-state index in [-0.39, 0.29) is 5.76 Å². The van der Waals surface area contributed by atoms with E-state index >= 15 is 0 Å². The molecule has 148 valence electrons. The molecular formula is C24H18N2O4. The maximum Gasteiger partial charge on any atom is 0.375 e. The third kappa shape index (κ3) is 3.38. The van der Waals surface area contributed by atoms with Gasteiger partial charge in [0.25, 0.3) is 5.91 Å². The minimum atomic E-state index is -1.08. The van der Waals surface area contributed by atoms with Gasteiger partial charge >= 0.3 is 5.97 Å². The van der Waals surface area contributed by atoms with E-state index in [4.69, 9.17) is 14.4 Å². The number of carbonyl (C=O) groups is 2. The number of esters is 1. The van der Waals surface area contributed by atoms with Crippen LogP contribution in [0.4, 0.5) is 5.69 Å². The van der Waals surface area contributed by atoms with Gasteiger partial charge in [-0.3, -0.25) is 4.79 Å². The topological polar surface area (TPSA) is 92.3 Å². The zero-order chi connectivity index (χ0) is 21.3. The van der Waals surface area contributed by atoms with Gasteiger partial charge in [0, 0.05) is 16.3 Å². The minimum absolute atomic E-state index is 0.0680. The molecule has 0 bridgehead atoms. The molecule has 0 aliphatic heterocycles. The van der Waals surface area contributed by atoms with Crippen molar-refractivity contribution < 1.29 is 18.7 Å². The maximum absolute atomic E-state index is 12.7. The Morgan fingerprint density at radius 3 is 2.57 bits per heavy atom. The Morgan fingerprint density at radius 2 is 1.77 bits per heavy atom. The van der Waals surface area contributed by atoms with Crippen molar-refractivity contribution in [3.63, 3.8) is 0 Å². The van der Waals surface area contributed by atoms with Crippen molar-refractivity contribution >= 4 is 39.3 Å². The lowest BCUT2D eigenvalue weighted by molar-refractivity contribution is -0.123. The first-order chi connectivity index (χ1) is 14.5. The van der Waals surface area contributed by atoms with Crippen LogP contribution in [0.1, 0.15) is 28.6 Å². The van der Waals surface area contributed by atoms with Crippen molar-refractivity contribution in [2.75, 3.05) is 5.32 Å². The van der Waals surface area contributed by atoms with Crippen LogP contribution >= 0.6 is 0 Å². The molecule has 4 aromatic rings. The lowest BCUT2D eigenvalue weighted by Gasteiger charge is -2.13. The Balaban J connectivity index is 1.57. The summed E-state index contributed by atoms with van der Waals surface area (Å²) >= 11 is 0. The zero-order valence-electron chi connectivity index (χ0n) is 16.4. The summed E-state index contributed by atoms with van der Waals surface area (Å²) in [4.78, 5) is 25.2. The van der Waals surface area contributed by atoms with Crippen molar-refractivity contribution in [2.45, 2.75) is 20.0 Å². The molecule has 0 saturated carbocycles. The monoisotopic (exact) mass is 398 g/mol. The number of hydrogen-bond donors (Lipinski definition) is 1. The third-order valence-electron chi connectivity index (χ3n) is 4.97. The summed E-state index contributed by atoms with van der Waals surface area (Å²) in [5.74, 6) is -1.19. The molecule has 0 fully saturated rings. The van der Waals surface area contributed by atoms with Crippen LogP contribution in [-0.4, -0.2) is 18.0 Å². The minimum Gasteiger partial charge on any atom is -0.448 e. The Bertz CT molecular complexity index is 1330. The standard InChI is InChI=1S/C24H18N2O4/c1-14-18-12-11-16-7-3-5-9-19(16)22(18)30-21(14)24(28)29-15(2)23(27)26-20-10-6-4-8-17(20)13-25/h3-12,15H,1-2H3,(H,26,27)/t15-/m0/s1. The first-order valence-corrected chi connectivity index (χ1v) is 9.41. The number of rotatable bonds is 4. The molecule has 3 aromatic carbocycles.